The first-order chi connectivity index (χ1) is 17.5. The number of carbonyl (C=O) groups is 1. The number of ether oxygens (including phenoxy) is 3. The average molecular weight is 543 g/mol. The third-order valence-corrected chi connectivity index (χ3v) is 8.69. The van der Waals surface area contributed by atoms with E-state index >= 15 is 0 Å². The van der Waals surface area contributed by atoms with E-state index in [4.69, 9.17) is 25.8 Å². The number of hydrogen-bond acceptors (Lipinski definition) is 7. The Morgan fingerprint density at radius 1 is 1.08 bits per heavy atom. The zero-order valence-corrected chi connectivity index (χ0v) is 22.4. The Balaban J connectivity index is 1.28. The van der Waals surface area contributed by atoms with Gasteiger partial charge in [-0.3, -0.25) is 4.79 Å². The minimum atomic E-state index is -0.367. The second kappa shape index (κ2) is 12.9. The van der Waals surface area contributed by atoms with Crippen LogP contribution in [0.15, 0.2) is 65.8 Å². The van der Waals surface area contributed by atoms with E-state index < -0.39 is 0 Å². The second-order valence-electron chi connectivity index (χ2n) is 8.03. The highest BCUT2D eigenvalue weighted by Crippen LogP contribution is 2.45. The molecule has 0 saturated carbocycles. The molecule has 9 heteroatoms. The van der Waals surface area contributed by atoms with Gasteiger partial charge in [-0.2, -0.15) is 5.10 Å². The molecule has 0 radical (unpaired) electrons. The largest absolute Gasteiger partial charge is 0.493 e. The van der Waals surface area contributed by atoms with Crippen LogP contribution in [0.5, 0.6) is 17.2 Å². The fourth-order valence-corrected chi connectivity index (χ4v) is 6.56. The van der Waals surface area contributed by atoms with E-state index in [1.165, 1.54) is 28.8 Å². The lowest BCUT2D eigenvalue weighted by Crippen LogP contribution is -2.24. The molecule has 3 aromatic carbocycles. The first-order valence-corrected chi connectivity index (χ1v) is 13.8. The van der Waals surface area contributed by atoms with Crippen molar-refractivity contribution in [2.75, 3.05) is 25.2 Å². The van der Waals surface area contributed by atoms with Gasteiger partial charge in [0, 0.05) is 11.5 Å². The van der Waals surface area contributed by atoms with E-state index in [9.17, 15) is 4.79 Å². The van der Waals surface area contributed by atoms with Crippen molar-refractivity contribution >= 4 is 47.2 Å². The molecule has 3 aromatic rings. The van der Waals surface area contributed by atoms with Crippen LogP contribution in [0, 0.1) is 6.92 Å². The number of methoxy groups -OCH3 is 1. The molecule has 1 heterocycles. The van der Waals surface area contributed by atoms with Crippen molar-refractivity contribution in [1.29, 1.82) is 0 Å². The number of rotatable bonds is 10. The molecule has 188 valence electrons. The zero-order chi connectivity index (χ0) is 25.3. The molecule has 1 aliphatic heterocycles. The van der Waals surface area contributed by atoms with Gasteiger partial charge in [-0.25, -0.2) is 5.43 Å². The van der Waals surface area contributed by atoms with E-state index in [1.807, 2.05) is 79.0 Å². The summed E-state index contributed by atoms with van der Waals surface area (Å²) in [5.74, 6) is 3.56. The van der Waals surface area contributed by atoms with Crippen molar-refractivity contribution in [1.82, 2.24) is 5.43 Å². The summed E-state index contributed by atoms with van der Waals surface area (Å²) in [4.78, 5) is 12.1. The predicted octanol–water partition coefficient (Wildman–Crippen LogP) is 6.24. The van der Waals surface area contributed by atoms with Gasteiger partial charge in [-0.15, -0.1) is 23.5 Å². The van der Waals surface area contributed by atoms with E-state index in [0.717, 1.165) is 5.56 Å². The van der Waals surface area contributed by atoms with Gasteiger partial charge in [0.1, 0.15) is 12.4 Å². The maximum atomic E-state index is 12.1. The number of nitrogens with one attached hydrogen (secondary N) is 1. The number of aryl methyl sites for hydroxylation is 1. The number of carbonyl (C=O) groups excluding carboxylic acids is 1. The van der Waals surface area contributed by atoms with Crippen molar-refractivity contribution in [3.05, 3.63) is 87.9 Å². The van der Waals surface area contributed by atoms with Crippen molar-refractivity contribution < 1.29 is 19.0 Å². The van der Waals surface area contributed by atoms with Crippen molar-refractivity contribution in [3.63, 3.8) is 0 Å². The van der Waals surface area contributed by atoms with E-state index in [2.05, 4.69) is 10.5 Å². The molecule has 1 saturated heterocycles. The molecule has 0 unspecified atom stereocenters. The number of amides is 1. The lowest BCUT2D eigenvalue weighted by molar-refractivity contribution is -0.123. The third kappa shape index (κ3) is 7.35. The van der Waals surface area contributed by atoms with E-state index in [1.54, 1.807) is 19.2 Å². The van der Waals surface area contributed by atoms with Crippen molar-refractivity contribution in [3.8, 4) is 17.2 Å². The van der Waals surface area contributed by atoms with Gasteiger partial charge in [0.25, 0.3) is 5.91 Å². The zero-order valence-electron chi connectivity index (χ0n) is 20.0. The molecule has 0 atom stereocenters. The first-order valence-electron chi connectivity index (χ1n) is 11.4. The highest BCUT2D eigenvalue weighted by molar-refractivity contribution is 8.19. The summed E-state index contributed by atoms with van der Waals surface area (Å²) < 4.78 is 17.4. The number of benzene rings is 3. The summed E-state index contributed by atoms with van der Waals surface area (Å²) in [6, 6.07) is 19.4. The highest BCUT2D eigenvalue weighted by atomic mass is 35.5. The molecule has 0 aliphatic carbocycles. The Morgan fingerprint density at radius 3 is 2.50 bits per heavy atom. The Hall–Kier alpha value is -2.81. The molecule has 1 aliphatic rings. The van der Waals surface area contributed by atoms with Crippen LogP contribution < -0.4 is 19.6 Å². The van der Waals surface area contributed by atoms with Crippen LogP contribution >= 0.6 is 35.1 Å². The maximum Gasteiger partial charge on any atom is 0.277 e. The molecule has 1 fully saturated rings. The van der Waals surface area contributed by atoms with Crippen LogP contribution in [0.1, 0.15) is 26.8 Å². The standard InChI is InChI=1S/C27H27ClN2O4S2/c1-18-3-5-19(6-4-18)16-34-26-23(28)13-20(14-24(26)32-2)15-29-30-25(31)17-33-22-9-7-21(8-10-22)27-35-11-12-36-27/h3-10,13-15,27H,11-12,16-17H2,1-2H3,(H,30,31)/b29-15-. The fraction of sp³-hybridized carbons (Fsp3) is 0.259. The summed E-state index contributed by atoms with van der Waals surface area (Å²) in [5, 5.41) is 4.39. The van der Waals surface area contributed by atoms with Crippen LogP contribution in [-0.4, -0.2) is 37.3 Å². The summed E-state index contributed by atoms with van der Waals surface area (Å²) in [5.41, 5.74) is 6.59. The second-order valence-corrected chi connectivity index (χ2v) is 11.2. The molecule has 1 N–H and O–H groups in total. The maximum absolute atomic E-state index is 12.1. The molecular weight excluding hydrogens is 516 g/mol. The highest BCUT2D eigenvalue weighted by Gasteiger charge is 2.18. The Kier molecular flexibility index (Phi) is 9.44. The van der Waals surface area contributed by atoms with Gasteiger partial charge in [-0.05, 0) is 47.9 Å². The topological polar surface area (TPSA) is 69.2 Å². The quantitative estimate of drug-likeness (QED) is 0.241. The van der Waals surface area contributed by atoms with Crippen molar-refractivity contribution in [2.24, 2.45) is 5.10 Å². The molecular formula is C27H27ClN2O4S2. The average Bonchev–Trinajstić information content (AvgIpc) is 3.43. The van der Waals surface area contributed by atoms with Crippen LogP contribution in [0.3, 0.4) is 0 Å². The van der Waals surface area contributed by atoms with Crippen LogP contribution in [0.4, 0.5) is 0 Å². The summed E-state index contributed by atoms with van der Waals surface area (Å²) in [6.07, 6.45) is 1.49. The van der Waals surface area contributed by atoms with Gasteiger partial charge in [0.2, 0.25) is 0 Å². The summed E-state index contributed by atoms with van der Waals surface area (Å²) >= 11 is 10.3. The molecule has 0 aromatic heterocycles. The van der Waals surface area contributed by atoms with E-state index in [0.29, 0.717) is 39.0 Å². The SMILES string of the molecule is COc1cc(/C=N\NC(=O)COc2ccc(C3SCCS3)cc2)cc(Cl)c1OCc1ccc(C)cc1. The Morgan fingerprint density at radius 2 is 1.81 bits per heavy atom. The monoisotopic (exact) mass is 542 g/mol. The molecule has 4 rings (SSSR count). The van der Waals surface area contributed by atoms with Crippen LogP contribution in [0.25, 0.3) is 0 Å². The normalized spacial score (nSPS) is 13.6. The van der Waals surface area contributed by atoms with Gasteiger partial charge in [0.15, 0.2) is 18.1 Å². The Bertz CT molecular complexity index is 1200. The summed E-state index contributed by atoms with van der Waals surface area (Å²) in [6.45, 7) is 2.26. The lowest BCUT2D eigenvalue weighted by Gasteiger charge is -2.13. The third-order valence-electron chi connectivity index (χ3n) is 5.30. The number of thioether (sulfide) groups is 2. The smallest absolute Gasteiger partial charge is 0.277 e. The van der Waals surface area contributed by atoms with Crippen molar-refractivity contribution in [2.45, 2.75) is 18.1 Å². The number of hydrazone groups is 1. The molecule has 36 heavy (non-hydrogen) atoms. The van der Waals surface area contributed by atoms with E-state index in [-0.39, 0.29) is 12.5 Å². The van der Waals surface area contributed by atoms with Gasteiger partial charge in [0.05, 0.1) is 22.9 Å². The minimum absolute atomic E-state index is 0.139. The number of nitrogens with zero attached hydrogens (tertiary/aromatic N) is 1. The van der Waals surface area contributed by atoms with Gasteiger partial charge in [-0.1, -0.05) is 53.6 Å². The van der Waals surface area contributed by atoms with Gasteiger partial charge < -0.3 is 14.2 Å². The van der Waals surface area contributed by atoms with Gasteiger partial charge >= 0.3 is 0 Å². The Labute approximate surface area is 224 Å². The predicted molar refractivity (Wildman–Crippen MR) is 149 cm³/mol. The lowest BCUT2D eigenvalue weighted by atomic mass is 10.1. The fourth-order valence-electron chi connectivity index (χ4n) is 3.43. The van der Waals surface area contributed by atoms with Crippen LogP contribution in [-0.2, 0) is 11.4 Å². The molecule has 1 amide bonds. The molecule has 0 spiro atoms. The minimum Gasteiger partial charge on any atom is -0.493 e. The molecule has 0 bridgehead atoms. The number of halogens is 1. The summed E-state index contributed by atoms with van der Waals surface area (Å²) in [7, 11) is 1.54. The number of hydrogen-bond donors (Lipinski definition) is 1. The first kappa shape index (κ1) is 26.3. The molecule has 6 nitrogen and oxygen atoms in total. The van der Waals surface area contributed by atoms with Crippen LogP contribution in [0.2, 0.25) is 5.02 Å².